The molecule has 0 radical (unpaired) electrons. The van der Waals surface area contributed by atoms with Crippen LogP contribution in [0.4, 0.5) is 16.2 Å². The lowest BCUT2D eigenvalue weighted by atomic mass is 10.00. The van der Waals surface area contributed by atoms with Crippen LogP contribution in [0.15, 0.2) is 139 Å². The number of benzene rings is 5. The molecular weight excluding hydrogens is 1060 g/mol. The zero-order valence-electron chi connectivity index (χ0n) is 51.2. The molecule has 83 heavy (non-hydrogen) atoms. The number of hydrogen-bond acceptors (Lipinski definition) is 8. The van der Waals surface area contributed by atoms with Crippen LogP contribution in [0.3, 0.4) is 0 Å². The maximum atomic E-state index is 11.1. The number of fused-ring (bicyclic) bond motifs is 6. The van der Waals surface area contributed by atoms with E-state index in [4.69, 9.17) is 4.74 Å². The summed E-state index contributed by atoms with van der Waals surface area (Å²) in [6.45, 7) is 29.5. The third-order valence-corrected chi connectivity index (χ3v) is 15.4. The summed E-state index contributed by atoms with van der Waals surface area (Å²) in [5.41, 5.74) is 14.4. The van der Waals surface area contributed by atoms with Gasteiger partial charge in [0.15, 0.2) is 12.3 Å². The van der Waals surface area contributed by atoms with Gasteiger partial charge in [-0.1, -0.05) is 132 Å². The van der Waals surface area contributed by atoms with E-state index >= 15 is 0 Å². The minimum absolute atomic E-state index is 0.0842. The Balaban J connectivity index is 0.000000143. The Labute approximate surface area is 501 Å². The van der Waals surface area contributed by atoms with Crippen LogP contribution in [0.25, 0.3) is 36.7 Å². The maximum Gasteiger partial charge on any atom is 0.319 e. The lowest BCUT2D eigenvalue weighted by Gasteiger charge is -2.19. The monoisotopic (exact) mass is 1150 g/mol. The van der Waals surface area contributed by atoms with Gasteiger partial charge in [0.05, 0.1) is 16.1 Å². The Kier molecular flexibility index (Phi) is 23.5. The Bertz CT molecular complexity index is 3470. The van der Waals surface area contributed by atoms with Crippen molar-refractivity contribution in [3.8, 4) is 5.75 Å². The van der Waals surface area contributed by atoms with Gasteiger partial charge in [0.1, 0.15) is 12.1 Å². The molecule has 13 heteroatoms. The number of urea groups is 1. The number of H-pyrrole nitrogens is 1. The number of ether oxygens (including phenoxy) is 1. The molecule has 7 heterocycles. The summed E-state index contributed by atoms with van der Waals surface area (Å²) in [5.74, 6) is 4.85. The lowest BCUT2D eigenvalue weighted by molar-refractivity contribution is -0.118. The first-order valence-electron chi connectivity index (χ1n) is 29.6. The van der Waals surface area contributed by atoms with Crippen LogP contribution in [0.2, 0.25) is 0 Å². The summed E-state index contributed by atoms with van der Waals surface area (Å²) in [5, 5.41) is 18.6. The fraction of sp³-hybridized carbons (Fsp3) is 0.386. The van der Waals surface area contributed by atoms with E-state index < -0.39 is 0 Å². The number of amides is 3. The minimum atomic E-state index is -0.107. The van der Waals surface area contributed by atoms with Gasteiger partial charge in [-0.2, -0.15) is 9.47 Å². The highest BCUT2D eigenvalue weighted by molar-refractivity contribution is 7.17. The molecule has 0 saturated heterocycles. The topological polar surface area (TPSA) is 138 Å². The average Bonchev–Trinajstić information content (AvgIpc) is 4.48. The van der Waals surface area contributed by atoms with Crippen molar-refractivity contribution >= 4 is 82.9 Å². The highest BCUT2D eigenvalue weighted by Gasteiger charge is 2.17. The summed E-state index contributed by atoms with van der Waals surface area (Å²) < 4.78 is 14.2. The number of nitrogens with one attached hydrogen (secondary N) is 4. The molecule has 5 aromatic carbocycles. The number of aromatic amines is 1. The fourth-order valence-corrected chi connectivity index (χ4v) is 11.6. The maximum absolute atomic E-state index is 11.1. The third kappa shape index (κ3) is 20.2. The number of nitrogens with zero attached hydrogens (tertiary/aromatic N) is 4. The van der Waals surface area contributed by atoms with Crippen LogP contribution < -0.4 is 20.7 Å². The smallest absolute Gasteiger partial charge is 0.319 e. The van der Waals surface area contributed by atoms with Crippen LogP contribution >= 0.6 is 22.9 Å². The molecule has 3 amide bonds. The molecule has 4 N–H and O–H groups in total. The molecule has 0 spiro atoms. The Morgan fingerprint density at radius 3 is 1.81 bits per heavy atom. The largest absolute Gasteiger partial charge is 0.482 e. The van der Waals surface area contributed by atoms with Gasteiger partial charge in [-0.05, 0) is 214 Å². The molecule has 2 aliphatic heterocycles. The molecule has 438 valence electrons. The number of carbonyl (C=O) groups is 2. The van der Waals surface area contributed by atoms with Crippen molar-refractivity contribution < 1.29 is 14.3 Å². The van der Waals surface area contributed by atoms with E-state index in [1.165, 1.54) is 77.3 Å². The first-order chi connectivity index (χ1) is 39.7. The van der Waals surface area contributed by atoms with Gasteiger partial charge < -0.3 is 25.7 Å². The quantitative estimate of drug-likeness (QED) is 0.0961. The van der Waals surface area contributed by atoms with Crippen molar-refractivity contribution in [2.75, 3.05) is 17.2 Å². The number of carbonyl (C=O) groups excluding carboxylic acids is 2. The van der Waals surface area contributed by atoms with E-state index in [0.29, 0.717) is 24.3 Å². The molecule has 2 aliphatic rings. The Morgan fingerprint density at radius 2 is 1.13 bits per heavy atom. The summed E-state index contributed by atoms with van der Waals surface area (Å²) >= 11 is 3.41. The predicted molar refractivity (Wildman–Crippen MR) is 352 cm³/mol. The van der Waals surface area contributed by atoms with Crippen molar-refractivity contribution in [3.05, 3.63) is 184 Å². The van der Waals surface area contributed by atoms with Gasteiger partial charge >= 0.3 is 6.03 Å². The van der Waals surface area contributed by atoms with Crippen LogP contribution in [-0.2, 0) is 49.9 Å². The highest BCUT2D eigenvalue weighted by atomic mass is 32.1. The predicted octanol–water partition coefficient (Wildman–Crippen LogP) is 17.9. The van der Waals surface area contributed by atoms with Gasteiger partial charge in [-0.15, -0.1) is 11.3 Å². The summed E-state index contributed by atoms with van der Waals surface area (Å²) in [6, 6.07) is 40.7. The summed E-state index contributed by atoms with van der Waals surface area (Å²) in [7, 11) is 0. The Morgan fingerprint density at radius 1 is 0.566 bits per heavy atom. The van der Waals surface area contributed by atoms with Crippen LogP contribution in [0, 0.1) is 42.4 Å². The lowest BCUT2D eigenvalue weighted by Crippen LogP contribution is -2.33. The number of rotatable bonds is 12. The summed E-state index contributed by atoms with van der Waals surface area (Å²) in [6.07, 6.45) is 12.3. The van der Waals surface area contributed by atoms with Crippen molar-refractivity contribution in [1.82, 2.24) is 29.3 Å². The SMILES string of the molecule is CC(C)Cc1ccc2[nH]ccc2c1.CC(C)Cc1ccc2c(c1)NC(=O)NC2.CC(C)Cc1ccc2c(c1)OCC(=O)N2.CC(C)Cc1ccc2ncnn2c1.CC(C)Cc1ccc2sccc2c1.Cc1nsc2ccc(CC(C)C)cc12. The van der Waals surface area contributed by atoms with E-state index in [2.05, 4.69) is 222 Å². The number of pyridine rings is 1. The summed E-state index contributed by atoms with van der Waals surface area (Å²) in [4.78, 5) is 29.5. The van der Waals surface area contributed by atoms with E-state index in [9.17, 15) is 9.59 Å². The van der Waals surface area contributed by atoms with E-state index in [1.54, 1.807) is 17.9 Å². The molecular formula is C70H88N8O3S2. The third-order valence-electron chi connectivity index (χ3n) is 13.6. The van der Waals surface area contributed by atoms with Gasteiger partial charge in [0.2, 0.25) is 0 Å². The fourth-order valence-electron chi connectivity index (χ4n) is 10.0. The molecule has 0 aliphatic carbocycles. The van der Waals surface area contributed by atoms with E-state index in [0.717, 1.165) is 77.5 Å². The zero-order valence-corrected chi connectivity index (χ0v) is 52.9. The second-order valence-corrected chi connectivity index (χ2v) is 26.2. The molecule has 5 aromatic heterocycles. The van der Waals surface area contributed by atoms with Gasteiger partial charge in [-0.3, -0.25) is 4.79 Å². The van der Waals surface area contributed by atoms with Crippen LogP contribution in [-0.4, -0.2) is 42.5 Å². The average molecular weight is 1150 g/mol. The van der Waals surface area contributed by atoms with Gasteiger partial charge in [-0.25, -0.2) is 14.3 Å². The molecule has 0 saturated carbocycles. The number of hydrogen-bond donors (Lipinski definition) is 4. The molecule has 0 fully saturated rings. The second-order valence-electron chi connectivity index (χ2n) is 24.4. The first kappa shape index (κ1) is 63.2. The Hall–Kier alpha value is -7.35. The highest BCUT2D eigenvalue weighted by Crippen LogP contribution is 2.30. The second kappa shape index (κ2) is 30.8. The standard InChI is InChI=1S/C12H16N2O.C12H15NO2.C12H15NS.C12H15N.C12H14S.C10H13N3/c1-8(2)5-9-3-4-10-7-13-12(15)14-11(10)6-9;1-8(2)5-9-3-4-10-11(6-9)15-7-12(14)13-10;1-8(2)6-10-4-5-12-11(7-10)9(3)13-14-12;2*1-9(2)7-10-3-4-12-11(8-10)5-6-13-12;1-8(2)5-9-3-4-10-11-7-12-13(10)6-9/h3-4,6,8H,5,7H2,1-2H3,(H2,13,14,15);3-4,6,8H,5,7H2,1-2H3,(H,13,14);4-5,7-8H,6H2,1-3H3;3-6,8-9,13H,7H2,1-2H3;3-6,8-9H,7H2,1-2H3;3-4,6-8H,5H2,1-2H3. The van der Waals surface area contributed by atoms with E-state index in [1.807, 2.05) is 52.5 Å². The zero-order chi connectivity index (χ0) is 59.6. The molecule has 11 nitrogen and oxygen atoms in total. The van der Waals surface area contributed by atoms with Crippen molar-refractivity contribution in [2.45, 2.75) is 135 Å². The first-order valence-corrected chi connectivity index (χ1v) is 31.3. The van der Waals surface area contributed by atoms with Gasteiger partial charge in [0.25, 0.3) is 5.91 Å². The van der Waals surface area contributed by atoms with Crippen LogP contribution in [0.5, 0.6) is 5.75 Å². The number of anilines is 2. The number of thiophene rings is 1. The minimum Gasteiger partial charge on any atom is -0.482 e. The number of aryl methyl sites for hydroxylation is 1. The molecule has 10 aromatic rings. The molecule has 0 bridgehead atoms. The normalized spacial score (nSPS) is 12.5. The van der Waals surface area contributed by atoms with Crippen molar-refractivity contribution in [3.63, 3.8) is 0 Å². The number of aromatic nitrogens is 5. The van der Waals surface area contributed by atoms with Crippen LogP contribution in [0.1, 0.15) is 128 Å². The molecule has 12 rings (SSSR count). The van der Waals surface area contributed by atoms with Crippen molar-refractivity contribution in [2.24, 2.45) is 35.5 Å². The van der Waals surface area contributed by atoms with Gasteiger partial charge in [0, 0.05) is 40.2 Å². The molecule has 0 atom stereocenters. The van der Waals surface area contributed by atoms with Crippen molar-refractivity contribution in [1.29, 1.82) is 0 Å². The van der Waals surface area contributed by atoms with E-state index in [-0.39, 0.29) is 18.5 Å². The molecule has 0 unspecified atom stereocenters.